The summed E-state index contributed by atoms with van der Waals surface area (Å²) in [5.74, 6) is -2.34. The number of rotatable bonds is 3. The fourth-order valence-electron chi connectivity index (χ4n) is 2.68. The molecular weight excluding hydrogens is 279 g/mol. The molecule has 0 heterocycles. The molecule has 0 aromatic heterocycles. The molecule has 0 amide bonds. The molecule has 110 valence electrons. The van der Waals surface area contributed by atoms with Crippen molar-refractivity contribution in [2.45, 2.75) is 18.9 Å². The number of nitrogens with one attached hydrogen (secondary N) is 1. The summed E-state index contributed by atoms with van der Waals surface area (Å²) >= 11 is 0. The molecule has 2 nitrogen and oxygen atoms in total. The molecule has 0 saturated heterocycles. The van der Waals surface area contributed by atoms with Crippen LogP contribution in [0.5, 0.6) is 5.75 Å². The van der Waals surface area contributed by atoms with Crippen molar-refractivity contribution in [1.82, 2.24) is 0 Å². The third-order valence-electron chi connectivity index (χ3n) is 3.77. The molecule has 1 aliphatic rings. The molecule has 2 aromatic rings. The summed E-state index contributed by atoms with van der Waals surface area (Å²) < 4.78 is 45.1. The number of anilines is 1. The Morgan fingerprint density at radius 2 is 1.81 bits per heavy atom. The predicted molar refractivity (Wildman–Crippen MR) is 74.0 cm³/mol. The number of benzene rings is 2. The van der Waals surface area contributed by atoms with E-state index < -0.39 is 17.5 Å². The minimum atomic E-state index is -1.19. The first-order chi connectivity index (χ1) is 10.1. The van der Waals surface area contributed by atoms with Crippen LogP contribution in [-0.4, -0.2) is 7.11 Å². The van der Waals surface area contributed by atoms with Crippen LogP contribution in [0.2, 0.25) is 0 Å². The summed E-state index contributed by atoms with van der Waals surface area (Å²) in [6.07, 6.45) is 1.61. The molecule has 2 aromatic carbocycles. The van der Waals surface area contributed by atoms with Gasteiger partial charge in [0, 0.05) is 12.1 Å². The van der Waals surface area contributed by atoms with Crippen LogP contribution in [0.15, 0.2) is 30.3 Å². The SMILES string of the molecule is COc1ccc2c(c1)C(Nc1cc(F)c(F)cc1F)CC2. The summed E-state index contributed by atoms with van der Waals surface area (Å²) in [7, 11) is 1.58. The van der Waals surface area contributed by atoms with Gasteiger partial charge in [-0.05, 0) is 36.1 Å². The molecule has 0 bridgehead atoms. The van der Waals surface area contributed by atoms with Crippen molar-refractivity contribution in [2.75, 3.05) is 12.4 Å². The topological polar surface area (TPSA) is 21.3 Å². The molecule has 1 aliphatic carbocycles. The average molecular weight is 293 g/mol. The number of aryl methyl sites for hydroxylation is 1. The smallest absolute Gasteiger partial charge is 0.161 e. The standard InChI is InChI=1S/C16H14F3NO/c1-21-10-4-2-9-3-5-15(11(9)6-10)20-16-8-13(18)12(17)7-14(16)19/h2,4,6-8,15,20H,3,5H2,1H3. The van der Waals surface area contributed by atoms with E-state index >= 15 is 0 Å². The molecule has 0 radical (unpaired) electrons. The van der Waals surface area contributed by atoms with Crippen molar-refractivity contribution >= 4 is 5.69 Å². The summed E-state index contributed by atoms with van der Waals surface area (Å²) in [4.78, 5) is 0. The van der Waals surface area contributed by atoms with Crippen LogP contribution >= 0.6 is 0 Å². The summed E-state index contributed by atoms with van der Waals surface area (Å²) in [5.41, 5.74) is 2.12. The van der Waals surface area contributed by atoms with Crippen molar-refractivity contribution < 1.29 is 17.9 Å². The van der Waals surface area contributed by atoms with E-state index in [0.717, 1.165) is 30.0 Å². The number of hydrogen-bond donors (Lipinski definition) is 1. The first-order valence-corrected chi connectivity index (χ1v) is 6.66. The Labute approximate surface area is 120 Å². The molecule has 1 unspecified atom stereocenters. The van der Waals surface area contributed by atoms with Gasteiger partial charge in [0.15, 0.2) is 11.6 Å². The van der Waals surface area contributed by atoms with Gasteiger partial charge in [-0.15, -0.1) is 0 Å². The Kier molecular flexibility index (Phi) is 3.49. The summed E-state index contributed by atoms with van der Waals surface area (Å²) in [6.45, 7) is 0. The molecule has 0 aliphatic heterocycles. The average Bonchev–Trinajstić information content (AvgIpc) is 2.87. The minimum absolute atomic E-state index is 0.0328. The van der Waals surface area contributed by atoms with E-state index in [4.69, 9.17) is 4.74 Å². The van der Waals surface area contributed by atoms with Gasteiger partial charge >= 0.3 is 0 Å². The second-order valence-electron chi connectivity index (χ2n) is 5.05. The highest BCUT2D eigenvalue weighted by atomic mass is 19.2. The third-order valence-corrected chi connectivity index (χ3v) is 3.77. The first-order valence-electron chi connectivity index (χ1n) is 6.66. The van der Waals surface area contributed by atoms with Gasteiger partial charge in [-0.2, -0.15) is 0 Å². The second kappa shape index (κ2) is 5.31. The van der Waals surface area contributed by atoms with E-state index in [1.807, 2.05) is 18.2 Å². The van der Waals surface area contributed by atoms with Crippen molar-refractivity contribution in [3.63, 3.8) is 0 Å². The second-order valence-corrected chi connectivity index (χ2v) is 5.05. The molecule has 1 atom stereocenters. The van der Waals surface area contributed by atoms with Crippen LogP contribution in [0.1, 0.15) is 23.6 Å². The molecular formula is C16H14F3NO. The lowest BCUT2D eigenvalue weighted by Crippen LogP contribution is -2.09. The zero-order chi connectivity index (χ0) is 15.0. The monoisotopic (exact) mass is 293 g/mol. The van der Waals surface area contributed by atoms with Crippen molar-refractivity contribution in [1.29, 1.82) is 0 Å². The summed E-state index contributed by atoms with van der Waals surface area (Å²) in [5, 5.41) is 2.95. The maximum Gasteiger partial charge on any atom is 0.161 e. The van der Waals surface area contributed by atoms with E-state index in [9.17, 15) is 13.2 Å². The van der Waals surface area contributed by atoms with Gasteiger partial charge in [0.1, 0.15) is 11.6 Å². The highest BCUT2D eigenvalue weighted by molar-refractivity contribution is 5.51. The number of halogens is 3. The molecule has 1 N–H and O–H groups in total. The number of fused-ring (bicyclic) bond motifs is 1. The largest absolute Gasteiger partial charge is 0.497 e. The Balaban J connectivity index is 1.90. The zero-order valence-corrected chi connectivity index (χ0v) is 11.4. The quantitative estimate of drug-likeness (QED) is 0.856. The molecule has 0 saturated carbocycles. The molecule has 5 heteroatoms. The molecule has 3 rings (SSSR count). The Bertz CT molecular complexity index is 687. The van der Waals surface area contributed by atoms with Crippen LogP contribution in [0.3, 0.4) is 0 Å². The normalized spacial score (nSPS) is 16.7. The molecule has 0 fully saturated rings. The first kappa shape index (κ1) is 13.8. The highest BCUT2D eigenvalue weighted by Gasteiger charge is 2.24. The van der Waals surface area contributed by atoms with Crippen molar-refractivity contribution in [2.24, 2.45) is 0 Å². The van der Waals surface area contributed by atoms with Gasteiger partial charge in [-0.25, -0.2) is 13.2 Å². The molecule has 21 heavy (non-hydrogen) atoms. The zero-order valence-electron chi connectivity index (χ0n) is 11.4. The van der Waals surface area contributed by atoms with Gasteiger partial charge in [0.25, 0.3) is 0 Å². The lowest BCUT2D eigenvalue weighted by atomic mass is 10.1. The molecule has 0 spiro atoms. The predicted octanol–water partition coefficient (Wildman–Crippen LogP) is 4.21. The van der Waals surface area contributed by atoms with Gasteiger partial charge < -0.3 is 10.1 Å². The minimum Gasteiger partial charge on any atom is -0.497 e. The number of hydrogen-bond acceptors (Lipinski definition) is 2. The van der Waals surface area contributed by atoms with E-state index in [1.54, 1.807) is 7.11 Å². The van der Waals surface area contributed by atoms with Crippen molar-refractivity contribution in [3.05, 3.63) is 58.9 Å². The maximum absolute atomic E-state index is 13.7. The van der Waals surface area contributed by atoms with Gasteiger partial charge in [-0.3, -0.25) is 0 Å². The Morgan fingerprint density at radius 3 is 2.57 bits per heavy atom. The fraction of sp³-hybridized carbons (Fsp3) is 0.250. The van der Waals surface area contributed by atoms with Crippen LogP contribution < -0.4 is 10.1 Å². The number of methoxy groups -OCH3 is 1. The Morgan fingerprint density at radius 1 is 1.05 bits per heavy atom. The van der Waals surface area contributed by atoms with Crippen LogP contribution in [0, 0.1) is 17.5 Å². The van der Waals surface area contributed by atoms with Gasteiger partial charge in [-0.1, -0.05) is 6.07 Å². The van der Waals surface area contributed by atoms with E-state index in [2.05, 4.69) is 5.32 Å². The Hall–Kier alpha value is -2.17. The lowest BCUT2D eigenvalue weighted by molar-refractivity contribution is 0.414. The third kappa shape index (κ3) is 2.55. The fourth-order valence-corrected chi connectivity index (χ4v) is 2.68. The summed E-state index contributed by atoms with van der Waals surface area (Å²) in [6, 6.07) is 6.99. The van der Waals surface area contributed by atoms with E-state index in [-0.39, 0.29) is 11.7 Å². The van der Waals surface area contributed by atoms with Gasteiger partial charge in [0.05, 0.1) is 18.8 Å². The van der Waals surface area contributed by atoms with Gasteiger partial charge in [0.2, 0.25) is 0 Å². The van der Waals surface area contributed by atoms with Crippen LogP contribution in [0.25, 0.3) is 0 Å². The van der Waals surface area contributed by atoms with E-state index in [0.29, 0.717) is 11.8 Å². The van der Waals surface area contributed by atoms with Crippen LogP contribution in [0.4, 0.5) is 18.9 Å². The maximum atomic E-state index is 13.7. The number of ether oxygens (including phenoxy) is 1. The highest BCUT2D eigenvalue weighted by Crippen LogP contribution is 2.36. The van der Waals surface area contributed by atoms with Crippen LogP contribution in [-0.2, 0) is 6.42 Å². The van der Waals surface area contributed by atoms with E-state index in [1.165, 1.54) is 0 Å². The lowest BCUT2D eigenvalue weighted by Gasteiger charge is -2.17. The van der Waals surface area contributed by atoms with Crippen molar-refractivity contribution in [3.8, 4) is 5.75 Å².